The molecule has 9 nitrogen and oxygen atoms in total. The molecule has 1 unspecified atom stereocenters. The van der Waals surface area contributed by atoms with E-state index in [0.717, 1.165) is 5.56 Å². The number of sulfonamides is 1. The second-order valence-electron chi connectivity index (χ2n) is 7.70. The predicted octanol–water partition coefficient (Wildman–Crippen LogP) is 1.80. The van der Waals surface area contributed by atoms with Crippen LogP contribution in [-0.2, 0) is 14.8 Å². The maximum Gasteiger partial charge on any atom is 0.284 e. The summed E-state index contributed by atoms with van der Waals surface area (Å²) in [5, 5.41) is -0.345. The molecule has 1 atom stereocenters. The minimum Gasteiger partial charge on any atom is -0.481 e. The Hall–Kier alpha value is -2.85. The number of benzene rings is 1. The van der Waals surface area contributed by atoms with E-state index in [2.05, 4.69) is 13.8 Å². The summed E-state index contributed by atoms with van der Waals surface area (Å²) in [6.45, 7) is 6.51. The van der Waals surface area contributed by atoms with E-state index in [0.29, 0.717) is 11.7 Å². The van der Waals surface area contributed by atoms with Crippen LogP contribution in [0, 0.1) is 0 Å². The summed E-state index contributed by atoms with van der Waals surface area (Å²) in [7, 11) is -3.92. The van der Waals surface area contributed by atoms with E-state index >= 15 is 0 Å². The third-order valence-corrected chi connectivity index (χ3v) is 6.93. The Balaban J connectivity index is 1.60. The molecule has 1 saturated heterocycles. The van der Waals surface area contributed by atoms with Crippen molar-refractivity contribution in [3.05, 3.63) is 47.7 Å². The summed E-state index contributed by atoms with van der Waals surface area (Å²) in [6, 6.07) is 10.1. The summed E-state index contributed by atoms with van der Waals surface area (Å²) in [5.41, 5.74) is 6.23. The number of piperazine rings is 1. The van der Waals surface area contributed by atoms with Gasteiger partial charge in [0, 0.05) is 26.2 Å². The van der Waals surface area contributed by atoms with Gasteiger partial charge in [-0.1, -0.05) is 26.0 Å². The number of ether oxygens (including phenoxy) is 1. The van der Waals surface area contributed by atoms with E-state index in [-0.39, 0.29) is 42.9 Å². The highest BCUT2D eigenvalue weighted by Gasteiger charge is 2.34. The molecule has 1 aliphatic heterocycles. The lowest BCUT2D eigenvalue weighted by Crippen LogP contribution is -2.53. The van der Waals surface area contributed by atoms with Crippen molar-refractivity contribution in [3.8, 4) is 5.75 Å². The molecule has 3 rings (SSSR count). The van der Waals surface area contributed by atoms with Gasteiger partial charge in [-0.2, -0.15) is 4.31 Å². The van der Waals surface area contributed by atoms with Crippen LogP contribution >= 0.6 is 0 Å². The van der Waals surface area contributed by atoms with Gasteiger partial charge >= 0.3 is 0 Å². The Kier molecular flexibility index (Phi) is 6.71. The van der Waals surface area contributed by atoms with Crippen molar-refractivity contribution in [1.29, 1.82) is 0 Å². The average Bonchev–Trinajstić information content (AvgIpc) is 3.25. The van der Waals surface area contributed by atoms with E-state index in [1.165, 1.54) is 16.4 Å². The highest BCUT2D eigenvalue weighted by Crippen LogP contribution is 2.23. The van der Waals surface area contributed by atoms with Gasteiger partial charge in [0.1, 0.15) is 5.75 Å². The van der Waals surface area contributed by atoms with Gasteiger partial charge in [-0.25, -0.2) is 8.42 Å². The van der Waals surface area contributed by atoms with E-state index < -0.39 is 22.0 Å². The summed E-state index contributed by atoms with van der Waals surface area (Å²) in [4.78, 5) is 25.5. The van der Waals surface area contributed by atoms with Crippen LogP contribution in [0.4, 0.5) is 0 Å². The Bertz CT molecular complexity index is 1050. The number of nitrogens with zero attached hydrogens (tertiary/aromatic N) is 2. The van der Waals surface area contributed by atoms with Gasteiger partial charge < -0.3 is 19.8 Å². The number of rotatable bonds is 7. The zero-order valence-electron chi connectivity index (χ0n) is 17.8. The Morgan fingerprint density at radius 2 is 1.74 bits per heavy atom. The molecule has 1 aromatic heterocycles. The van der Waals surface area contributed by atoms with Crippen molar-refractivity contribution in [1.82, 2.24) is 9.21 Å². The van der Waals surface area contributed by atoms with Gasteiger partial charge in [0.2, 0.25) is 5.09 Å². The van der Waals surface area contributed by atoms with Crippen molar-refractivity contribution < 1.29 is 27.2 Å². The monoisotopic (exact) mass is 449 g/mol. The summed E-state index contributed by atoms with van der Waals surface area (Å²) in [5.74, 6) is -0.306. The van der Waals surface area contributed by atoms with Crippen LogP contribution in [0.1, 0.15) is 42.8 Å². The zero-order chi connectivity index (χ0) is 22.8. The third kappa shape index (κ3) is 5.08. The van der Waals surface area contributed by atoms with E-state index in [1.807, 2.05) is 24.3 Å². The van der Waals surface area contributed by atoms with Crippen molar-refractivity contribution >= 4 is 21.8 Å². The zero-order valence-corrected chi connectivity index (χ0v) is 18.6. The summed E-state index contributed by atoms with van der Waals surface area (Å²) in [6.07, 6.45) is -0.700. The smallest absolute Gasteiger partial charge is 0.284 e. The lowest BCUT2D eigenvalue weighted by molar-refractivity contribution is -0.139. The lowest BCUT2D eigenvalue weighted by Gasteiger charge is -2.34. The van der Waals surface area contributed by atoms with Gasteiger partial charge in [-0.05, 0) is 42.7 Å². The molecular weight excluding hydrogens is 422 g/mol. The van der Waals surface area contributed by atoms with E-state index in [4.69, 9.17) is 14.9 Å². The second-order valence-corrected chi connectivity index (χ2v) is 9.57. The molecule has 1 aromatic carbocycles. The Morgan fingerprint density at radius 3 is 2.32 bits per heavy atom. The molecule has 2 aromatic rings. The number of hydrogen-bond donors (Lipinski definition) is 1. The normalized spacial score (nSPS) is 16.3. The number of amides is 2. The number of carbonyl (C=O) groups is 2. The molecular formula is C21H27N3O6S. The standard InChI is InChI=1S/C21H27N3O6S/c1-14(2)16-5-4-6-17(13-16)29-15(3)21(26)23-9-11-24(12-10-23)31(27,28)19-8-7-18(30-19)20(22)25/h4-8,13-15H,9-12H2,1-3H3,(H2,22,25). The van der Waals surface area contributed by atoms with Gasteiger partial charge in [-0.15, -0.1) is 0 Å². The van der Waals surface area contributed by atoms with E-state index in [9.17, 15) is 18.0 Å². The van der Waals surface area contributed by atoms with Crippen molar-refractivity contribution in [3.63, 3.8) is 0 Å². The molecule has 2 amide bonds. The Morgan fingerprint density at radius 1 is 1.06 bits per heavy atom. The van der Waals surface area contributed by atoms with Crippen LogP contribution in [0.15, 0.2) is 45.9 Å². The third-order valence-electron chi connectivity index (χ3n) is 5.15. The first-order chi connectivity index (χ1) is 14.6. The van der Waals surface area contributed by atoms with Gasteiger partial charge in [0.25, 0.3) is 21.8 Å². The summed E-state index contributed by atoms with van der Waals surface area (Å²) >= 11 is 0. The molecule has 168 valence electrons. The highest BCUT2D eigenvalue weighted by molar-refractivity contribution is 7.89. The largest absolute Gasteiger partial charge is 0.481 e. The molecule has 0 radical (unpaired) electrons. The molecule has 0 bridgehead atoms. The first-order valence-electron chi connectivity index (χ1n) is 10.0. The first-order valence-corrected chi connectivity index (χ1v) is 11.5. The topological polar surface area (TPSA) is 123 Å². The average molecular weight is 450 g/mol. The molecule has 2 heterocycles. The van der Waals surface area contributed by atoms with Crippen LogP contribution in [0.2, 0.25) is 0 Å². The number of nitrogens with two attached hydrogens (primary N) is 1. The minimum atomic E-state index is -3.92. The fourth-order valence-corrected chi connectivity index (χ4v) is 4.66. The Labute approximate surface area is 181 Å². The fraction of sp³-hybridized carbons (Fsp3) is 0.429. The number of hydrogen-bond acceptors (Lipinski definition) is 6. The van der Waals surface area contributed by atoms with Crippen molar-refractivity contribution in [2.45, 2.75) is 37.9 Å². The quantitative estimate of drug-likeness (QED) is 0.688. The molecule has 10 heteroatoms. The van der Waals surface area contributed by atoms with Crippen LogP contribution in [-0.4, -0.2) is 61.7 Å². The maximum absolute atomic E-state index is 12.8. The second kappa shape index (κ2) is 9.11. The SMILES string of the molecule is CC(Oc1cccc(C(C)C)c1)C(=O)N1CCN(S(=O)(=O)c2ccc(C(N)=O)o2)CC1. The minimum absolute atomic E-state index is 0.107. The molecule has 0 spiro atoms. The fourth-order valence-electron chi connectivity index (χ4n) is 3.33. The molecule has 1 fully saturated rings. The number of primary amides is 1. The summed E-state index contributed by atoms with van der Waals surface area (Å²) < 4.78 is 37.5. The lowest BCUT2D eigenvalue weighted by atomic mass is 10.0. The molecule has 31 heavy (non-hydrogen) atoms. The van der Waals surface area contributed by atoms with Gasteiger partial charge in [0.05, 0.1) is 0 Å². The van der Waals surface area contributed by atoms with Crippen molar-refractivity contribution in [2.75, 3.05) is 26.2 Å². The maximum atomic E-state index is 12.8. The predicted molar refractivity (Wildman–Crippen MR) is 113 cm³/mol. The van der Waals surface area contributed by atoms with Crippen molar-refractivity contribution in [2.24, 2.45) is 5.73 Å². The van der Waals surface area contributed by atoms with Gasteiger partial charge in [-0.3, -0.25) is 9.59 Å². The van der Waals surface area contributed by atoms with Crippen LogP contribution in [0.25, 0.3) is 0 Å². The molecule has 2 N–H and O–H groups in total. The van der Waals surface area contributed by atoms with Gasteiger partial charge in [0.15, 0.2) is 11.9 Å². The molecule has 0 saturated carbocycles. The number of furan rings is 1. The highest BCUT2D eigenvalue weighted by atomic mass is 32.2. The number of carbonyl (C=O) groups excluding carboxylic acids is 2. The van der Waals surface area contributed by atoms with Crippen LogP contribution < -0.4 is 10.5 Å². The first kappa shape index (κ1) is 22.8. The van der Waals surface area contributed by atoms with Crippen LogP contribution in [0.5, 0.6) is 5.75 Å². The van der Waals surface area contributed by atoms with Crippen LogP contribution in [0.3, 0.4) is 0 Å². The molecule has 0 aliphatic carbocycles. The van der Waals surface area contributed by atoms with E-state index in [1.54, 1.807) is 11.8 Å². The molecule has 1 aliphatic rings.